The summed E-state index contributed by atoms with van der Waals surface area (Å²) < 4.78 is 4.88. The summed E-state index contributed by atoms with van der Waals surface area (Å²) in [5, 5.41) is 18.9. The maximum absolute atomic E-state index is 11.4. The van der Waals surface area contributed by atoms with E-state index in [1.54, 1.807) is 31.2 Å². The molecule has 0 aliphatic carbocycles. The largest absolute Gasteiger partial charge is 0.462 e. The average Bonchev–Trinajstić information content (AvgIpc) is 2.83. The summed E-state index contributed by atoms with van der Waals surface area (Å²) >= 11 is 0. The molecule has 2 aromatic carbocycles. The number of ether oxygens (including phenoxy) is 1. The van der Waals surface area contributed by atoms with Crippen molar-refractivity contribution in [2.24, 2.45) is 5.73 Å². The smallest absolute Gasteiger partial charge is 0.338 e. The molecule has 0 spiro atoms. The van der Waals surface area contributed by atoms with Crippen molar-refractivity contribution in [3.63, 3.8) is 0 Å². The maximum atomic E-state index is 11.4. The molecule has 0 saturated carbocycles. The van der Waals surface area contributed by atoms with Crippen molar-refractivity contribution in [3.8, 4) is 0 Å². The summed E-state index contributed by atoms with van der Waals surface area (Å²) in [4.78, 5) is 26.7. The lowest BCUT2D eigenvalue weighted by Crippen LogP contribution is -2.26. The highest BCUT2D eigenvalue weighted by atomic mass is 16.5. The van der Waals surface area contributed by atoms with Crippen LogP contribution in [-0.2, 0) is 4.74 Å². The summed E-state index contributed by atoms with van der Waals surface area (Å²) in [6, 6.07) is 14.6. The van der Waals surface area contributed by atoms with Crippen molar-refractivity contribution in [3.05, 3.63) is 59.7 Å². The summed E-state index contributed by atoms with van der Waals surface area (Å²) in [5.41, 5.74) is 8.10. The number of carbonyl (C=O) groups excluding carboxylic acids is 2. The monoisotopic (exact) mass is 462 g/mol. The minimum absolute atomic E-state index is 0.0402. The second-order valence-corrected chi connectivity index (χ2v) is 7.09. The quantitative estimate of drug-likeness (QED) is 0.433. The van der Waals surface area contributed by atoms with E-state index in [1.165, 1.54) is 0 Å². The van der Waals surface area contributed by atoms with Gasteiger partial charge < -0.3 is 35.8 Å². The van der Waals surface area contributed by atoms with E-state index in [0.717, 1.165) is 11.4 Å². The number of benzene rings is 2. The number of anilines is 2. The highest BCUT2D eigenvalue weighted by Gasteiger charge is 2.06. The predicted octanol–water partition coefficient (Wildman–Crippen LogP) is 1.34. The first-order chi connectivity index (χ1) is 15.7. The number of nitrogens with zero attached hydrogens (tertiary/aromatic N) is 2. The highest BCUT2D eigenvalue weighted by Crippen LogP contribution is 2.13. The van der Waals surface area contributed by atoms with Crippen molar-refractivity contribution >= 4 is 23.3 Å². The number of esters is 1. The molecule has 0 aromatic heterocycles. The van der Waals surface area contributed by atoms with Crippen LogP contribution < -0.4 is 20.9 Å². The molecule has 0 radical (unpaired) electrons. The number of carbonyl (C=O) groups is 2. The van der Waals surface area contributed by atoms with Gasteiger partial charge in [0.1, 0.15) is 0 Å². The summed E-state index contributed by atoms with van der Waals surface area (Å²) in [7, 11) is 7.81. The zero-order valence-electron chi connectivity index (χ0n) is 20.2. The molecular formula is C24H38N4O5. The van der Waals surface area contributed by atoms with E-state index in [9.17, 15) is 9.59 Å². The highest BCUT2D eigenvalue weighted by molar-refractivity contribution is 5.94. The second-order valence-electron chi connectivity index (χ2n) is 7.09. The van der Waals surface area contributed by atoms with E-state index in [0.29, 0.717) is 24.3 Å². The Morgan fingerprint density at radius 3 is 1.61 bits per heavy atom. The maximum Gasteiger partial charge on any atom is 0.338 e. The first-order valence-electron chi connectivity index (χ1n) is 10.6. The van der Waals surface area contributed by atoms with Crippen LogP contribution in [0.2, 0.25) is 0 Å². The van der Waals surface area contributed by atoms with E-state index in [1.807, 2.05) is 62.3 Å². The average molecular weight is 463 g/mol. The molecule has 0 aliphatic heterocycles. The van der Waals surface area contributed by atoms with Gasteiger partial charge >= 0.3 is 5.97 Å². The van der Waals surface area contributed by atoms with Crippen molar-refractivity contribution < 1.29 is 24.5 Å². The number of rotatable bonds is 8. The summed E-state index contributed by atoms with van der Waals surface area (Å²) in [6.07, 6.45) is 0. The Hall–Kier alpha value is -3.14. The molecule has 0 fully saturated rings. The van der Waals surface area contributed by atoms with Gasteiger partial charge in [0.25, 0.3) is 5.91 Å². The van der Waals surface area contributed by atoms with E-state index in [4.69, 9.17) is 20.7 Å². The molecule has 184 valence electrons. The van der Waals surface area contributed by atoms with E-state index < -0.39 is 0 Å². The molecule has 0 atom stereocenters. The van der Waals surface area contributed by atoms with Crippen LogP contribution in [0.25, 0.3) is 0 Å². The Balaban J connectivity index is 0.000000536. The van der Waals surface area contributed by atoms with Crippen molar-refractivity contribution in [2.75, 3.05) is 70.9 Å². The van der Waals surface area contributed by atoms with Crippen LogP contribution in [0.1, 0.15) is 27.6 Å². The van der Waals surface area contributed by atoms with Gasteiger partial charge in [-0.05, 0) is 55.5 Å². The van der Waals surface area contributed by atoms with Crippen LogP contribution in [0.5, 0.6) is 0 Å². The molecule has 2 aromatic rings. The summed E-state index contributed by atoms with van der Waals surface area (Å²) in [6.45, 7) is 2.93. The molecular weight excluding hydrogens is 424 g/mol. The van der Waals surface area contributed by atoms with E-state index >= 15 is 0 Å². The number of nitrogens with one attached hydrogen (secondary N) is 1. The fourth-order valence-electron chi connectivity index (χ4n) is 2.29. The summed E-state index contributed by atoms with van der Waals surface area (Å²) in [5.74, 6) is -0.424. The van der Waals surface area contributed by atoms with Crippen LogP contribution in [0.15, 0.2) is 48.5 Å². The van der Waals surface area contributed by atoms with Crippen LogP contribution in [0, 0.1) is 0 Å². The van der Waals surface area contributed by atoms with Gasteiger partial charge in [-0.3, -0.25) is 4.79 Å². The van der Waals surface area contributed by atoms with Gasteiger partial charge in [-0.1, -0.05) is 0 Å². The number of nitrogens with two attached hydrogens (primary N) is 1. The first-order valence-corrected chi connectivity index (χ1v) is 10.6. The number of aliphatic hydroxyl groups is 2. The van der Waals surface area contributed by atoms with Crippen molar-refractivity contribution in [2.45, 2.75) is 6.92 Å². The third kappa shape index (κ3) is 12.5. The topological polar surface area (TPSA) is 128 Å². The van der Waals surface area contributed by atoms with E-state index in [-0.39, 0.29) is 31.6 Å². The molecule has 0 bridgehead atoms. The van der Waals surface area contributed by atoms with Gasteiger partial charge in [-0.25, -0.2) is 4.79 Å². The van der Waals surface area contributed by atoms with Crippen LogP contribution >= 0.6 is 0 Å². The fraction of sp³-hybridized carbons (Fsp3) is 0.417. The number of hydrogen-bond donors (Lipinski definition) is 4. The van der Waals surface area contributed by atoms with E-state index in [2.05, 4.69) is 5.32 Å². The van der Waals surface area contributed by atoms with Gasteiger partial charge in [0, 0.05) is 58.2 Å². The molecule has 0 heterocycles. The number of aliphatic hydroxyl groups excluding tert-OH is 2. The van der Waals surface area contributed by atoms with Crippen molar-refractivity contribution in [1.29, 1.82) is 0 Å². The SMILES string of the molecule is CCOC(=O)c1ccc(N(C)C)cc1.CN(C)c1ccc(C(=O)NCCO)cc1.NCCO. The van der Waals surface area contributed by atoms with Gasteiger partial charge in [0.05, 0.1) is 25.4 Å². The molecule has 9 heteroatoms. The number of hydrogen-bond acceptors (Lipinski definition) is 8. The second kappa shape index (κ2) is 17.4. The Morgan fingerprint density at radius 1 is 0.848 bits per heavy atom. The third-order valence-electron chi connectivity index (χ3n) is 4.07. The molecule has 0 aliphatic rings. The zero-order chi connectivity index (χ0) is 25.2. The van der Waals surface area contributed by atoms with Gasteiger partial charge in [0.15, 0.2) is 0 Å². The number of amides is 1. The standard InChI is InChI=1S/C11H16N2O2.C11H15NO2.C2H7NO/c1-13(2)10-5-3-9(4-6-10)11(15)12-7-8-14;1-4-14-11(13)9-5-7-10(8-6-9)12(2)3;3-1-2-4/h3-6,14H,7-8H2,1-2H3,(H,12,15);5-8H,4H2,1-3H3;4H,1-3H2. The minimum atomic E-state index is -0.266. The molecule has 0 unspecified atom stereocenters. The Morgan fingerprint density at radius 2 is 1.27 bits per heavy atom. The Bertz CT molecular complexity index is 792. The Kier molecular flexibility index (Phi) is 15.8. The molecule has 33 heavy (non-hydrogen) atoms. The molecule has 2 rings (SSSR count). The lowest BCUT2D eigenvalue weighted by atomic mass is 10.2. The molecule has 9 nitrogen and oxygen atoms in total. The lowest BCUT2D eigenvalue weighted by molar-refractivity contribution is 0.0526. The van der Waals surface area contributed by atoms with Gasteiger partial charge in [0.2, 0.25) is 0 Å². The van der Waals surface area contributed by atoms with Gasteiger partial charge in [-0.2, -0.15) is 0 Å². The Labute approximate surface area is 196 Å². The van der Waals surface area contributed by atoms with Gasteiger partial charge in [-0.15, -0.1) is 0 Å². The molecule has 1 amide bonds. The predicted molar refractivity (Wildman–Crippen MR) is 133 cm³/mol. The molecule has 0 saturated heterocycles. The molecule has 5 N–H and O–H groups in total. The van der Waals surface area contributed by atoms with Crippen LogP contribution in [0.3, 0.4) is 0 Å². The first kappa shape index (κ1) is 29.9. The lowest BCUT2D eigenvalue weighted by Gasteiger charge is -2.12. The van der Waals surface area contributed by atoms with Crippen LogP contribution in [0.4, 0.5) is 11.4 Å². The third-order valence-corrected chi connectivity index (χ3v) is 4.07. The van der Waals surface area contributed by atoms with Crippen molar-refractivity contribution in [1.82, 2.24) is 5.32 Å². The zero-order valence-corrected chi connectivity index (χ0v) is 20.2. The van der Waals surface area contributed by atoms with Crippen LogP contribution in [-0.4, -0.2) is 83.2 Å². The normalized spacial score (nSPS) is 9.45. The fourth-order valence-corrected chi connectivity index (χ4v) is 2.29. The minimum Gasteiger partial charge on any atom is -0.462 e.